The molecule has 0 aliphatic heterocycles. The van der Waals surface area contributed by atoms with Gasteiger partial charge in [-0.2, -0.15) is 0 Å². The summed E-state index contributed by atoms with van der Waals surface area (Å²) in [5, 5.41) is 4.15. The summed E-state index contributed by atoms with van der Waals surface area (Å²) in [6, 6.07) is 10.3. The van der Waals surface area contributed by atoms with Gasteiger partial charge in [-0.1, -0.05) is 24.3 Å². The van der Waals surface area contributed by atoms with Crippen LogP contribution in [0, 0.1) is 0 Å². The molecule has 7 heteroatoms. The summed E-state index contributed by atoms with van der Waals surface area (Å²) in [6.45, 7) is 0. The average molecular weight is 388 g/mol. The second kappa shape index (κ2) is 7.68. The number of hydrogen-bond donors (Lipinski definition) is 1. The van der Waals surface area contributed by atoms with E-state index in [9.17, 15) is 18.0 Å². The van der Waals surface area contributed by atoms with E-state index in [1.54, 1.807) is 18.2 Å². The highest BCUT2D eigenvalue weighted by atomic mass is 32.2. The molecule has 144 valence electrons. The highest BCUT2D eigenvalue weighted by molar-refractivity contribution is 7.91. The lowest BCUT2D eigenvalue weighted by atomic mass is 10.1. The molecule has 1 fully saturated rings. The van der Waals surface area contributed by atoms with Gasteiger partial charge in [-0.25, -0.2) is 8.42 Å². The maximum atomic E-state index is 12.9. The molecule has 1 aliphatic rings. The number of anilines is 1. The van der Waals surface area contributed by atoms with Crippen LogP contribution in [0.25, 0.3) is 10.8 Å². The first kappa shape index (κ1) is 19.4. The molecule has 1 saturated carbocycles. The van der Waals surface area contributed by atoms with Crippen LogP contribution >= 0.6 is 0 Å². The molecule has 1 atom stereocenters. The number of nitrogens with one attached hydrogen (secondary N) is 1. The molecule has 6 nitrogen and oxygen atoms in total. The number of fused-ring (bicyclic) bond motifs is 1. The molecule has 0 saturated heterocycles. The van der Waals surface area contributed by atoms with Crippen molar-refractivity contribution in [1.29, 1.82) is 0 Å². The third-order valence-electron chi connectivity index (χ3n) is 4.91. The zero-order chi connectivity index (χ0) is 19.6. The van der Waals surface area contributed by atoms with Gasteiger partial charge >= 0.3 is 0 Å². The van der Waals surface area contributed by atoms with E-state index in [2.05, 4.69) is 5.32 Å². The Morgan fingerprint density at radius 1 is 1.15 bits per heavy atom. The van der Waals surface area contributed by atoms with E-state index in [-0.39, 0.29) is 22.9 Å². The Morgan fingerprint density at radius 3 is 2.52 bits per heavy atom. The molecule has 0 spiro atoms. The topological polar surface area (TPSA) is 83.6 Å². The van der Waals surface area contributed by atoms with Crippen LogP contribution in [0.1, 0.15) is 25.7 Å². The van der Waals surface area contributed by atoms with Crippen LogP contribution in [0.2, 0.25) is 0 Å². The molecule has 1 amide bonds. The number of rotatable bonds is 6. The summed E-state index contributed by atoms with van der Waals surface area (Å²) in [5.41, 5.74) is 0.932. The van der Waals surface area contributed by atoms with Gasteiger partial charge in [0.15, 0.2) is 15.6 Å². The fraction of sp³-hybridized carbons (Fsp3) is 0.400. The Kier molecular flexibility index (Phi) is 5.51. The zero-order valence-electron chi connectivity index (χ0n) is 15.6. The largest absolute Gasteiger partial charge is 0.377 e. The molecule has 0 heterocycles. The Balaban J connectivity index is 1.80. The lowest BCUT2D eigenvalue weighted by Crippen LogP contribution is -2.38. The molecule has 0 aromatic heterocycles. The molecule has 3 rings (SSSR count). The zero-order valence-corrected chi connectivity index (χ0v) is 16.4. The van der Waals surface area contributed by atoms with Crippen LogP contribution in [0.4, 0.5) is 5.69 Å². The quantitative estimate of drug-likeness (QED) is 0.821. The van der Waals surface area contributed by atoms with Crippen LogP contribution in [0.15, 0.2) is 41.3 Å². The van der Waals surface area contributed by atoms with Crippen LogP contribution in [-0.4, -0.2) is 46.0 Å². The lowest BCUT2D eigenvalue weighted by molar-refractivity contribution is -0.126. The average Bonchev–Trinajstić information content (AvgIpc) is 3.03. The van der Waals surface area contributed by atoms with E-state index in [4.69, 9.17) is 0 Å². The molecule has 1 unspecified atom stereocenters. The highest BCUT2D eigenvalue weighted by Crippen LogP contribution is 2.30. The lowest BCUT2D eigenvalue weighted by Gasteiger charge is -2.17. The predicted molar refractivity (Wildman–Crippen MR) is 106 cm³/mol. The number of benzene rings is 2. The SMILES string of the molecule is CN(C)c1cccc2c(S(=O)(=O)CCC(=O)NC3CCCC3=O)cccc12. The Bertz CT molecular complexity index is 983. The van der Waals surface area contributed by atoms with Crippen molar-refractivity contribution in [3.63, 3.8) is 0 Å². The molecule has 1 aliphatic carbocycles. The molecular weight excluding hydrogens is 364 g/mol. The van der Waals surface area contributed by atoms with E-state index in [1.807, 2.05) is 37.2 Å². The van der Waals surface area contributed by atoms with Gasteiger partial charge in [0, 0.05) is 43.4 Å². The summed E-state index contributed by atoms with van der Waals surface area (Å²) in [7, 11) is 0.179. The van der Waals surface area contributed by atoms with E-state index in [0.717, 1.165) is 17.5 Å². The van der Waals surface area contributed by atoms with Gasteiger partial charge in [-0.15, -0.1) is 0 Å². The number of ketones is 1. The van der Waals surface area contributed by atoms with Crippen molar-refractivity contribution in [2.45, 2.75) is 36.6 Å². The Labute approximate surface area is 159 Å². The van der Waals surface area contributed by atoms with Gasteiger partial charge in [0.25, 0.3) is 0 Å². The molecule has 2 aromatic rings. The molecule has 0 radical (unpaired) electrons. The second-order valence-electron chi connectivity index (χ2n) is 7.07. The fourth-order valence-corrected chi connectivity index (χ4v) is 4.97. The molecular formula is C20H24N2O4S. The first-order valence-corrected chi connectivity index (χ1v) is 10.7. The minimum absolute atomic E-state index is 0.0245. The van der Waals surface area contributed by atoms with Gasteiger partial charge < -0.3 is 10.2 Å². The number of nitrogens with zero attached hydrogens (tertiary/aromatic N) is 1. The smallest absolute Gasteiger partial charge is 0.221 e. The van der Waals surface area contributed by atoms with Crippen LogP contribution in [0.3, 0.4) is 0 Å². The van der Waals surface area contributed by atoms with E-state index in [0.29, 0.717) is 18.2 Å². The first-order valence-electron chi connectivity index (χ1n) is 9.03. The number of amides is 1. The standard InChI is InChI=1S/C20H24N2O4S/c1-22(2)17-9-3-7-15-14(17)6-4-11-19(15)27(25,26)13-12-20(24)21-16-8-5-10-18(16)23/h3-4,6-7,9,11,16H,5,8,10,12-13H2,1-2H3,(H,21,24). The molecule has 0 bridgehead atoms. The van der Waals surface area contributed by atoms with E-state index < -0.39 is 21.8 Å². The van der Waals surface area contributed by atoms with E-state index >= 15 is 0 Å². The first-order chi connectivity index (χ1) is 12.8. The molecule has 1 N–H and O–H groups in total. The number of carbonyl (C=O) groups is 2. The fourth-order valence-electron chi connectivity index (χ4n) is 3.50. The number of hydrogen-bond acceptors (Lipinski definition) is 5. The number of carbonyl (C=O) groups excluding carboxylic acids is 2. The van der Waals surface area contributed by atoms with Gasteiger partial charge in [-0.05, 0) is 25.0 Å². The highest BCUT2D eigenvalue weighted by Gasteiger charge is 2.26. The minimum atomic E-state index is -3.64. The number of sulfone groups is 1. The van der Waals surface area contributed by atoms with Crippen LogP contribution in [-0.2, 0) is 19.4 Å². The molecule has 27 heavy (non-hydrogen) atoms. The molecule has 2 aromatic carbocycles. The van der Waals surface area contributed by atoms with Crippen LogP contribution in [0.5, 0.6) is 0 Å². The van der Waals surface area contributed by atoms with Crippen molar-refractivity contribution >= 4 is 38.0 Å². The van der Waals surface area contributed by atoms with Crippen LogP contribution < -0.4 is 10.2 Å². The Hall–Kier alpha value is -2.41. The maximum Gasteiger partial charge on any atom is 0.221 e. The van der Waals surface area contributed by atoms with Crippen molar-refractivity contribution in [3.8, 4) is 0 Å². The summed E-state index contributed by atoms with van der Waals surface area (Å²) < 4.78 is 25.7. The third kappa shape index (κ3) is 4.13. The Morgan fingerprint density at radius 2 is 1.85 bits per heavy atom. The number of Topliss-reactive ketones (excluding diaryl/α,β-unsaturated/α-hetero) is 1. The van der Waals surface area contributed by atoms with Crippen molar-refractivity contribution in [1.82, 2.24) is 5.32 Å². The summed E-state index contributed by atoms with van der Waals surface area (Å²) in [6.07, 6.45) is 1.73. The second-order valence-corrected chi connectivity index (χ2v) is 9.15. The normalized spacial score (nSPS) is 17.3. The van der Waals surface area contributed by atoms with Crippen molar-refractivity contribution in [2.75, 3.05) is 24.7 Å². The monoisotopic (exact) mass is 388 g/mol. The predicted octanol–water partition coefficient (Wildman–Crippen LogP) is 2.31. The van der Waals surface area contributed by atoms with Gasteiger partial charge in [-0.3, -0.25) is 9.59 Å². The van der Waals surface area contributed by atoms with Crippen molar-refractivity contribution in [3.05, 3.63) is 36.4 Å². The third-order valence-corrected chi connectivity index (χ3v) is 6.68. The maximum absolute atomic E-state index is 12.9. The van der Waals surface area contributed by atoms with Gasteiger partial charge in [0.2, 0.25) is 5.91 Å². The van der Waals surface area contributed by atoms with Crippen molar-refractivity contribution < 1.29 is 18.0 Å². The van der Waals surface area contributed by atoms with Gasteiger partial charge in [0.05, 0.1) is 16.7 Å². The summed E-state index contributed by atoms with van der Waals surface area (Å²) >= 11 is 0. The van der Waals surface area contributed by atoms with E-state index in [1.165, 1.54) is 0 Å². The minimum Gasteiger partial charge on any atom is -0.377 e. The van der Waals surface area contributed by atoms with Crippen molar-refractivity contribution in [2.24, 2.45) is 0 Å². The summed E-state index contributed by atoms with van der Waals surface area (Å²) in [5.74, 6) is -0.657. The van der Waals surface area contributed by atoms with Gasteiger partial charge in [0.1, 0.15) is 0 Å². The summed E-state index contributed by atoms with van der Waals surface area (Å²) in [4.78, 5) is 25.9.